The largest absolute Gasteiger partial charge is 0.310 e. The molecule has 8 aromatic carbocycles. The highest BCUT2D eigenvalue weighted by molar-refractivity contribution is 7.25. The molecule has 0 saturated carbocycles. The van der Waals surface area contributed by atoms with Gasteiger partial charge in [0.05, 0.1) is 0 Å². The maximum atomic E-state index is 2.41. The first-order valence-corrected chi connectivity index (χ1v) is 18.5. The van der Waals surface area contributed by atoms with E-state index < -0.39 is 0 Å². The molecule has 0 atom stereocenters. The normalized spacial score (nSPS) is 13.1. The van der Waals surface area contributed by atoms with Gasteiger partial charge in [0, 0.05) is 42.6 Å². The van der Waals surface area contributed by atoms with Crippen molar-refractivity contribution < 1.29 is 0 Å². The molecule has 0 unspecified atom stereocenters. The predicted molar refractivity (Wildman–Crippen MR) is 220 cm³/mol. The third kappa shape index (κ3) is 4.82. The highest BCUT2D eigenvalue weighted by atomic mass is 32.1. The number of anilines is 3. The summed E-state index contributed by atoms with van der Waals surface area (Å²) in [5.41, 5.74) is 13.8. The van der Waals surface area contributed by atoms with Gasteiger partial charge in [-0.25, -0.2) is 0 Å². The summed E-state index contributed by atoms with van der Waals surface area (Å²) in [7, 11) is 0. The van der Waals surface area contributed by atoms with Crippen LogP contribution in [0.5, 0.6) is 0 Å². The fourth-order valence-corrected chi connectivity index (χ4v) is 9.46. The molecule has 242 valence electrons. The topological polar surface area (TPSA) is 3.24 Å². The van der Waals surface area contributed by atoms with Gasteiger partial charge in [-0.2, -0.15) is 0 Å². The Morgan fingerprint density at radius 1 is 0.412 bits per heavy atom. The molecule has 0 N–H and O–H groups in total. The Bertz CT molecular complexity index is 2780. The molecular formula is C49H35NS. The first kappa shape index (κ1) is 29.9. The van der Waals surface area contributed by atoms with Crippen LogP contribution in [0, 0.1) is 0 Å². The summed E-state index contributed by atoms with van der Waals surface area (Å²) in [6, 6.07) is 64.9. The zero-order valence-corrected chi connectivity index (χ0v) is 29.4. The molecule has 0 fully saturated rings. The maximum Gasteiger partial charge on any atom is 0.0468 e. The van der Waals surface area contributed by atoms with Crippen LogP contribution >= 0.6 is 11.3 Å². The van der Waals surface area contributed by atoms with E-state index in [1.165, 1.54) is 75.5 Å². The van der Waals surface area contributed by atoms with Gasteiger partial charge in [0.25, 0.3) is 0 Å². The lowest BCUT2D eigenvalue weighted by molar-refractivity contribution is 0.662. The first-order chi connectivity index (χ1) is 25.0. The van der Waals surface area contributed by atoms with Crippen molar-refractivity contribution in [1.29, 1.82) is 0 Å². The fraction of sp³-hybridized carbons (Fsp3) is 0.0612. The van der Waals surface area contributed by atoms with Gasteiger partial charge in [0.2, 0.25) is 0 Å². The van der Waals surface area contributed by atoms with Gasteiger partial charge in [0.15, 0.2) is 0 Å². The molecule has 0 bridgehead atoms. The van der Waals surface area contributed by atoms with E-state index in [-0.39, 0.29) is 5.41 Å². The summed E-state index contributed by atoms with van der Waals surface area (Å²) in [6.07, 6.45) is 0. The van der Waals surface area contributed by atoms with Crippen molar-refractivity contribution in [3.8, 4) is 33.4 Å². The Morgan fingerprint density at radius 3 is 1.96 bits per heavy atom. The molecule has 1 aromatic heterocycles. The Hall–Kier alpha value is -5.96. The van der Waals surface area contributed by atoms with Crippen molar-refractivity contribution in [2.45, 2.75) is 19.3 Å². The lowest BCUT2D eigenvalue weighted by Gasteiger charge is -2.27. The van der Waals surface area contributed by atoms with Crippen LogP contribution in [-0.2, 0) is 5.41 Å². The molecule has 51 heavy (non-hydrogen) atoms. The van der Waals surface area contributed by atoms with Crippen molar-refractivity contribution >= 4 is 59.3 Å². The SMILES string of the molecule is CC1(C)c2ccccc2-c2cccc(-c3ccc(N(c4cccc(-c5ccc6ccccc6c5)c4)c4ccc5sc6ccccc6c5c4)cc3)c21. The molecule has 10 rings (SSSR count). The standard InChI is InChI=1S/C49H35NS/c1-49(2)45-19-7-5-15-41(45)43-18-10-17-40(48(43)49)33-23-25-37(26-24-33)50(39-27-28-47-44(31-39)42-16-6-8-20-46(42)51-47)38-14-9-13-35(30-38)36-22-21-32-11-3-4-12-34(32)29-36/h3-31H,1-2H3. The minimum atomic E-state index is -0.0743. The van der Waals surface area contributed by atoms with Crippen LogP contribution in [0.3, 0.4) is 0 Å². The lowest BCUT2D eigenvalue weighted by atomic mass is 9.79. The third-order valence-corrected chi connectivity index (χ3v) is 12.0. The second kappa shape index (κ2) is 11.6. The second-order valence-corrected chi connectivity index (χ2v) is 15.3. The number of hydrogen-bond donors (Lipinski definition) is 0. The minimum Gasteiger partial charge on any atom is -0.310 e. The molecule has 1 aliphatic carbocycles. The average molecular weight is 670 g/mol. The van der Waals surface area contributed by atoms with Gasteiger partial charge in [-0.3, -0.25) is 0 Å². The summed E-state index contributed by atoms with van der Waals surface area (Å²) in [6.45, 7) is 4.73. The molecule has 0 saturated heterocycles. The van der Waals surface area contributed by atoms with E-state index in [9.17, 15) is 0 Å². The Kier molecular flexibility index (Phi) is 6.78. The highest BCUT2D eigenvalue weighted by Crippen LogP contribution is 2.52. The lowest BCUT2D eigenvalue weighted by Crippen LogP contribution is -2.16. The number of rotatable bonds is 5. The second-order valence-electron chi connectivity index (χ2n) is 14.2. The zero-order chi connectivity index (χ0) is 34.1. The number of thiophene rings is 1. The third-order valence-electron chi connectivity index (χ3n) is 10.8. The van der Waals surface area contributed by atoms with Crippen molar-refractivity contribution in [1.82, 2.24) is 0 Å². The molecule has 2 heteroatoms. The van der Waals surface area contributed by atoms with E-state index in [2.05, 4.69) is 195 Å². The molecule has 0 aliphatic heterocycles. The summed E-state index contributed by atoms with van der Waals surface area (Å²) >= 11 is 1.86. The smallest absolute Gasteiger partial charge is 0.0468 e. The van der Waals surface area contributed by atoms with Gasteiger partial charge in [-0.05, 0) is 110 Å². The van der Waals surface area contributed by atoms with Gasteiger partial charge in [0.1, 0.15) is 0 Å². The highest BCUT2D eigenvalue weighted by Gasteiger charge is 2.37. The number of nitrogens with zero attached hydrogens (tertiary/aromatic N) is 1. The number of fused-ring (bicyclic) bond motifs is 7. The van der Waals surface area contributed by atoms with Gasteiger partial charge >= 0.3 is 0 Å². The van der Waals surface area contributed by atoms with E-state index in [1.54, 1.807) is 0 Å². The molecule has 1 heterocycles. The van der Waals surface area contributed by atoms with Crippen LogP contribution in [0.15, 0.2) is 176 Å². The zero-order valence-electron chi connectivity index (χ0n) is 28.6. The van der Waals surface area contributed by atoms with Crippen molar-refractivity contribution in [3.05, 3.63) is 187 Å². The summed E-state index contributed by atoms with van der Waals surface area (Å²) < 4.78 is 2.63. The van der Waals surface area contributed by atoms with Gasteiger partial charge in [-0.15, -0.1) is 11.3 Å². The quantitative estimate of drug-likeness (QED) is 0.176. The van der Waals surface area contributed by atoms with Gasteiger partial charge < -0.3 is 4.90 Å². The molecule has 1 nitrogen and oxygen atoms in total. The monoisotopic (exact) mass is 669 g/mol. The summed E-state index contributed by atoms with van der Waals surface area (Å²) in [5, 5.41) is 5.11. The summed E-state index contributed by atoms with van der Waals surface area (Å²) in [5.74, 6) is 0. The van der Waals surface area contributed by atoms with Crippen LogP contribution in [0.1, 0.15) is 25.0 Å². The molecule has 0 amide bonds. The summed E-state index contributed by atoms with van der Waals surface area (Å²) in [4.78, 5) is 2.41. The van der Waals surface area contributed by atoms with E-state index >= 15 is 0 Å². The van der Waals surface area contributed by atoms with Crippen molar-refractivity contribution in [2.24, 2.45) is 0 Å². The van der Waals surface area contributed by atoms with Crippen LogP contribution < -0.4 is 4.90 Å². The Balaban J connectivity index is 1.11. The predicted octanol–water partition coefficient (Wildman–Crippen LogP) is 14.3. The van der Waals surface area contributed by atoms with Crippen LogP contribution in [0.4, 0.5) is 17.1 Å². The van der Waals surface area contributed by atoms with Crippen molar-refractivity contribution in [2.75, 3.05) is 4.90 Å². The average Bonchev–Trinajstić information content (AvgIpc) is 3.67. The molecule has 0 spiro atoms. The van der Waals surface area contributed by atoms with E-state index in [4.69, 9.17) is 0 Å². The molecule has 1 aliphatic rings. The fourth-order valence-electron chi connectivity index (χ4n) is 8.37. The molecule has 9 aromatic rings. The van der Waals surface area contributed by atoms with E-state index in [1.807, 2.05) is 11.3 Å². The molecule has 0 radical (unpaired) electrons. The van der Waals surface area contributed by atoms with Crippen LogP contribution in [0.25, 0.3) is 64.3 Å². The van der Waals surface area contributed by atoms with Crippen molar-refractivity contribution in [3.63, 3.8) is 0 Å². The van der Waals surface area contributed by atoms with Gasteiger partial charge in [-0.1, -0.05) is 135 Å². The first-order valence-electron chi connectivity index (χ1n) is 17.7. The minimum absolute atomic E-state index is 0.0743. The van der Waals surface area contributed by atoms with E-state index in [0.717, 1.165) is 17.1 Å². The maximum absolute atomic E-state index is 2.41. The Labute approximate surface area is 302 Å². The van der Waals surface area contributed by atoms with E-state index in [0.29, 0.717) is 0 Å². The molecular weight excluding hydrogens is 635 g/mol. The van der Waals surface area contributed by atoms with Crippen LogP contribution in [0.2, 0.25) is 0 Å². The Morgan fingerprint density at radius 2 is 1.06 bits per heavy atom. The number of benzene rings is 8. The number of hydrogen-bond acceptors (Lipinski definition) is 2. The van der Waals surface area contributed by atoms with Crippen LogP contribution in [-0.4, -0.2) is 0 Å².